The number of carbonyl (C=O) groups excluding carboxylic acids is 1. The van der Waals surface area contributed by atoms with E-state index in [-0.39, 0.29) is 6.03 Å². The van der Waals surface area contributed by atoms with Gasteiger partial charge in [-0.15, -0.1) is 0 Å². The van der Waals surface area contributed by atoms with Crippen molar-refractivity contribution in [2.24, 2.45) is 0 Å². The Hall–Kier alpha value is -3.22. The number of nitrogens with zero attached hydrogens (tertiary/aromatic N) is 4. The van der Waals surface area contributed by atoms with Gasteiger partial charge in [0.15, 0.2) is 0 Å². The first kappa shape index (κ1) is 18.6. The van der Waals surface area contributed by atoms with Crippen LogP contribution in [0.1, 0.15) is 22.5 Å². The molecule has 1 aromatic carbocycles. The maximum atomic E-state index is 12.7. The van der Waals surface area contributed by atoms with Crippen LogP contribution in [0, 0.1) is 20.8 Å². The van der Waals surface area contributed by atoms with Crippen LogP contribution in [0.25, 0.3) is 10.9 Å². The van der Waals surface area contributed by atoms with E-state index >= 15 is 0 Å². The second-order valence-corrected chi connectivity index (χ2v) is 6.56. The number of urea groups is 1. The number of hydrogen-bond acceptors (Lipinski definition) is 5. The molecule has 7 heteroatoms. The van der Waals surface area contributed by atoms with Crippen LogP contribution in [0.5, 0.6) is 5.75 Å². The molecule has 2 heterocycles. The number of amides is 2. The van der Waals surface area contributed by atoms with Crippen LogP contribution in [0.3, 0.4) is 0 Å². The summed E-state index contributed by atoms with van der Waals surface area (Å²) in [5.41, 5.74) is 4.94. The summed E-state index contributed by atoms with van der Waals surface area (Å²) in [5.74, 6) is 0.803. The van der Waals surface area contributed by atoms with Gasteiger partial charge in [-0.2, -0.15) is 10.2 Å². The van der Waals surface area contributed by atoms with E-state index in [0.717, 1.165) is 39.2 Å². The maximum absolute atomic E-state index is 12.7. The number of carbonyl (C=O) groups is 1. The van der Waals surface area contributed by atoms with Gasteiger partial charge in [-0.3, -0.25) is 4.98 Å². The molecule has 0 aliphatic carbocycles. The number of benzene rings is 1. The van der Waals surface area contributed by atoms with Crippen LogP contribution in [-0.4, -0.2) is 40.3 Å². The average molecular weight is 365 g/mol. The zero-order valence-electron chi connectivity index (χ0n) is 16.2. The van der Waals surface area contributed by atoms with Gasteiger partial charge in [0, 0.05) is 29.8 Å². The highest BCUT2D eigenvalue weighted by Gasteiger charge is 2.16. The molecule has 0 spiro atoms. The summed E-state index contributed by atoms with van der Waals surface area (Å²) >= 11 is 0. The fourth-order valence-corrected chi connectivity index (χ4v) is 3.01. The maximum Gasteiger partial charge on any atom is 0.321 e. The number of methoxy groups -OCH3 is 1. The molecule has 0 radical (unpaired) electrons. The Labute approximate surface area is 158 Å². The van der Waals surface area contributed by atoms with Gasteiger partial charge in [-0.1, -0.05) is 6.07 Å². The number of rotatable bonds is 4. The van der Waals surface area contributed by atoms with Gasteiger partial charge < -0.3 is 15.0 Å². The SMILES string of the molecule is COc1c(C)cnc(CN(C)C(=O)Nc2cccc3nnc(C)cc23)c1C. The standard InChI is InChI=1S/C20H23N5O2/c1-12-10-21-18(14(3)19(12)27-5)11-25(4)20(26)22-16-7-6-8-17-15(16)9-13(2)23-24-17/h6-10H,11H2,1-5H3,(H,22,26). The largest absolute Gasteiger partial charge is 0.496 e. The number of fused-ring (bicyclic) bond motifs is 1. The summed E-state index contributed by atoms with van der Waals surface area (Å²) < 4.78 is 5.44. The van der Waals surface area contributed by atoms with Crippen molar-refractivity contribution in [2.45, 2.75) is 27.3 Å². The second kappa shape index (κ2) is 7.57. The van der Waals surface area contributed by atoms with Crippen molar-refractivity contribution in [1.82, 2.24) is 20.1 Å². The first-order chi connectivity index (χ1) is 12.9. The molecule has 0 saturated carbocycles. The number of nitrogens with one attached hydrogen (secondary N) is 1. The van der Waals surface area contributed by atoms with Crippen molar-refractivity contribution in [1.29, 1.82) is 0 Å². The fourth-order valence-electron chi connectivity index (χ4n) is 3.01. The Balaban J connectivity index is 1.80. The molecule has 0 unspecified atom stereocenters. The Morgan fingerprint density at radius 1 is 1.22 bits per heavy atom. The first-order valence-corrected chi connectivity index (χ1v) is 8.65. The van der Waals surface area contributed by atoms with Crippen LogP contribution in [0.4, 0.5) is 10.5 Å². The summed E-state index contributed by atoms with van der Waals surface area (Å²) in [5, 5.41) is 12.0. The summed E-state index contributed by atoms with van der Waals surface area (Å²) in [7, 11) is 3.37. The van der Waals surface area contributed by atoms with Crippen molar-refractivity contribution in [2.75, 3.05) is 19.5 Å². The van der Waals surface area contributed by atoms with E-state index in [0.29, 0.717) is 12.2 Å². The van der Waals surface area contributed by atoms with Crippen LogP contribution >= 0.6 is 0 Å². The lowest BCUT2D eigenvalue weighted by Crippen LogP contribution is -2.31. The van der Waals surface area contributed by atoms with E-state index in [9.17, 15) is 4.79 Å². The predicted molar refractivity (Wildman–Crippen MR) is 105 cm³/mol. The molecule has 0 saturated heterocycles. The number of anilines is 1. The summed E-state index contributed by atoms with van der Waals surface area (Å²) in [6.07, 6.45) is 1.76. The average Bonchev–Trinajstić information content (AvgIpc) is 2.65. The minimum atomic E-state index is -0.224. The molecule has 3 rings (SSSR count). The number of hydrogen-bond donors (Lipinski definition) is 1. The van der Waals surface area contributed by atoms with E-state index in [4.69, 9.17) is 4.74 Å². The molecule has 2 aromatic heterocycles. The molecule has 0 fully saturated rings. The van der Waals surface area contributed by atoms with E-state index in [2.05, 4.69) is 20.5 Å². The van der Waals surface area contributed by atoms with Crippen molar-refractivity contribution >= 4 is 22.6 Å². The molecular formula is C20H23N5O2. The quantitative estimate of drug-likeness (QED) is 0.764. The molecule has 0 bridgehead atoms. The van der Waals surface area contributed by atoms with Crippen LogP contribution in [-0.2, 0) is 6.54 Å². The van der Waals surface area contributed by atoms with E-state index in [1.807, 2.05) is 45.0 Å². The second-order valence-electron chi connectivity index (χ2n) is 6.56. The highest BCUT2D eigenvalue weighted by molar-refractivity contribution is 6.00. The Morgan fingerprint density at radius 3 is 2.74 bits per heavy atom. The minimum absolute atomic E-state index is 0.224. The van der Waals surface area contributed by atoms with E-state index in [1.54, 1.807) is 25.3 Å². The first-order valence-electron chi connectivity index (χ1n) is 8.65. The van der Waals surface area contributed by atoms with Crippen molar-refractivity contribution in [3.63, 3.8) is 0 Å². The molecule has 27 heavy (non-hydrogen) atoms. The van der Waals surface area contributed by atoms with E-state index < -0.39 is 0 Å². The molecule has 0 aliphatic rings. The fraction of sp³-hybridized carbons (Fsp3) is 0.300. The number of ether oxygens (including phenoxy) is 1. The van der Waals surface area contributed by atoms with E-state index in [1.165, 1.54) is 0 Å². The van der Waals surface area contributed by atoms with Gasteiger partial charge in [0.25, 0.3) is 0 Å². The Kier molecular flexibility index (Phi) is 5.21. The van der Waals surface area contributed by atoms with Crippen molar-refractivity contribution in [3.05, 3.63) is 53.0 Å². The Bertz CT molecular complexity index is 1000. The van der Waals surface area contributed by atoms with Gasteiger partial charge in [0.1, 0.15) is 5.75 Å². The lowest BCUT2D eigenvalue weighted by molar-refractivity contribution is 0.220. The highest BCUT2D eigenvalue weighted by Crippen LogP contribution is 2.25. The minimum Gasteiger partial charge on any atom is -0.496 e. The zero-order chi connectivity index (χ0) is 19.6. The molecule has 2 amide bonds. The number of aromatic nitrogens is 3. The third-order valence-corrected chi connectivity index (χ3v) is 4.48. The topological polar surface area (TPSA) is 80.2 Å². The molecule has 1 N–H and O–H groups in total. The zero-order valence-corrected chi connectivity index (χ0v) is 16.2. The summed E-state index contributed by atoms with van der Waals surface area (Å²) in [4.78, 5) is 18.7. The molecule has 0 atom stereocenters. The highest BCUT2D eigenvalue weighted by atomic mass is 16.5. The van der Waals surface area contributed by atoms with Crippen molar-refractivity contribution < 1.29 is 9.53 Å². The third-order valence-electron chi connectivity index (χ3n) is 4.48. The molecule has 0 aliphatic heterocycles. The van der Waals surface area contributed by atoms with Gasteiger partial charge in [-0.05, 0) is 39.0 Å². The normalized spacial score (nSPS) is 10.7. The third kappa shape index (κ3) is 3.81. The summed E-state index contributed by atoms with van der Waals surface area (Å²) in [6, 6.07) is 7.26. The lowest BCUT2D eigenvalue weighted by Gasteiger charge is -2.20. The summed E-state index contributed by atoms with van der Waals surface area (Å²) in [6.45, 7) is 6.14. The Morgan fingerprint density at radius 2 is 2.00 bits per heavy atom. The molecule has 7 nitrogen and oxygen atoms in total. The van der Waals surface area contributed by atoms with Crippen LogP contribution in [0.2, 0.25) is 0 Å². The molecular weight excluding hydrogens is 342 g/mol. The predicted octanol–water partition coefficient (Wildman–Crippen LogP) is 3.62. The molecule has 3 aromatic rings. The van der Waals surface area contributed by atoms with Crippen LogP contribution in [0.15, 0.2) is 30.5 Å². The lowest BCUT2D eigenvalue weighted by atomic mass is 10.1. The number of aryl methyl sites for hydroxylation is 2. The van der Waals surface area contributed by atoms with Gasteiger partial charge in [0.2, 0.25) is 0 Å². The monoisotopic (exact) mass is 365 g/mol. The number of pyridine rings is 1. The van der Waals surface area contributed by atoms with Crippen LogP contribution < -0.4 is 10.1 Å². The van der Waals surface area contributed by atoms with Crippen molar-refractivity contribution in [3.8, 4) is 5.75 Å². The van der Waals surface area contributed by atoms with Gasteiger partial charge in [0.05, 0.1) is 36.2 Å². The smallest absolute Gasteiger partial charge is 0.321 e. The molecule has 140 valence electrons. The van der Waals surface area contributed by atoms with Gasteiger partial charge in [-0.25, -0.2) is 4.79 Å². The van der Waals surface area contributed by atoms with Gasteiger partial charge >= 0.3 is 6.03 Å².